The highest BCUT2D eigenvalue weighted by Crippen LogP contribution is 2.20. The number of likely N-dealkylation sites (tertiary alicyclic amines) is 1. The number of carboxylic acids is 4. The number of aliphatic hydroxyl groups excluding tert-OH is 1. The number of carbonyl (C=O) groups is 12. The van der Waals surface area contributed by atoms with E-state index in [0.29, 0.717) is 12.0 Å². The van der Waals surface area contributed by atoms with Crippen LogP contribution in [0.5, 0.6) is 0 Å². The van der Waals surface area contributed by atoms with E-state index in [2.05, 4.69) is 37.2 Å². The zero-order valence-electron chi connectivity index (χ0n) is 40.3. The number of hydrogen-bond donors (Lipinski definition) is 13. The number of rotatable bonds is 29. The monoisotopic (exact) mass is 1010 g/mol. The van der Waals surface area contributed by atoms with Crippen LogP contribution in [0, 0.1) is 11.8 Å². The molecule has 14 N–H and O–H groups in total. The van der Waals surface area contributed by atoms with Gasteiger partial charge in [-0.3, -0.25) is 52.7 Å². The van der Waals surface area contributed by atoms with Crippen LogP contribution >= 0.6 is 0 Å². The van der Waals surface area contributed by atoms with Crippen LogP contribution in [0.3, 0.4) is 0 Å². The van der Waals surface area contributed by atoms with Crippen molar-refractivity contribution in [3.63, 3.8) is 0 Å². The third-order valence-corrected chi connectivity index (χ3v) is 11.1. The average Bonchev–Trinajstić information content (AvgIpc) is 3.77. The summed E-state index contributed by atoms with van der Waals surface area (Å²) in [5.74, 6) is -14.8. The predicted octanol–water partition coefficient (Wildman–Crippen LogP) is -3.06. The first kappa shape index (κ1) is 59.9. The van der Waals surface area contributed by atoms with E-state index in [4.69, 9.17) is 10.8 Å². The summed E-state index contributed by atoms with van der Waals surface area (Å²) < 4.78 is 0. The molecule has 0 radical (unpaired) electrons. The van der Waals surface area contributed by atoms with Gasteiger partial charge in [-0.1, -0.05) is 58.0 Å². The Morgan fingerprint density at radius 3 is 1.63 bits per heavy atom. The van der Waals surface area contributed by atoms with Crippen molar-refractivity contribution >= 4 is 71.1 Å². The van der Waals surface area contributed by atoms with E-state index in [1.165, 1.54) is 6.92 Å². The van der Waals surface area contributed by atoms with Gasteiger partial charge >= 0.3 is 23.9 Å². The van der Waals surface area contributed by atoms with Gasteiger partial charge in [-0.05, 0) is 56.9 Å². The Labute approximate surface area is 409 Å². The van der Waals surface area contributed by atoms with Gasteiger partial charge in [0.2, 0.25) is 47.3 Å². The third-order valence-electron chi connectivity index (χ3n) is 11.1. The van der Waals surface area contributed by atoms with E-state index in [1.54, 1.807) is 58.0 Å². The Morgan fingerprint density at radius 2 is 1.13 bits per heavy atom. The molecule has 0 unspecified atom stereocenters. The summed E-state index contributed by atoms with van der Waals surface area (Å²) in [6, 6.07) is -5.65. The zero-order chi connectivity index (χ0) is 53.9. The van der Waals surface area contributed by atoms with E-state index in [9.17, 15) is 78.0 Å². The topological polar surface area (TPSA) is 419 Å². The second-order valence-corrected chi connectivity index (χ2v) is 18.0. The SMILES string of the molecule is CC(C)C[C@H](NC(=O)[C@@H](NC(=O)[C@H](Cc1ccccc1)NC(=O)[C@H](CC(=O)O)NC(=O)[C@H](CC(=O)O)NC(=O)[C@@H]1CCCN1C(=O)[C@@H](N)CCC(=O)O)C(C)C)C(=O)N[C@@H](C)C(=O)N[C@H](C(=O)O)[C@@H](C)O. The maximum absolute atomic E-state index is 14.2. The quantitative estimate of drug-likeness (QED) is 0.0379. The summed E-state index contributed by atoms with van der Waals surface area (Å²) in [4.78, 5) is 156. The van der Waals surface area contributed by atoms with Crippen molar-refractivity contribution in [1.82, 2.24) is 42.1 Å². The number of aliphatic hydroxyl groups is 1. The van der Waals surface area contributed by atoms with Crippen molar-refractivity contribution < 1.29 is 83.1 Å². The molecule has 0 aromatic heterocycles. The molecule has 1 aliphatic rings. The molecule has 26 heteroatoms. The van der Waals surface area contributed by atoms with E-state index in [0.717, 1.165) is 11.8 Å². The minimum atomic E-state index is -2.00. The molecule has 0 aliphatic carbocycles. The average molecular weight is 1010 g/mol. The summed E-state index contributed by atoms with van der Waals surface area (Å²) in [5.41, 5.74) is 6.35. The van der Waals surface area contributed by atoms with Gasteiger partial charge in [0, 0.05) is 19.4 Å². The first-order valence-corrected chi connectivity index (χ1v) is 22.9. The Kier molecular flexibility index (Phi) is 24.0. The molecule has 1 aromatic rings. The lowest BCUT2D eigenvalue weighted by molar-refractivity contribution is -0.145. The van der Waals surface area contributed by atoms with Crippen LogP contribution in [0.4, 0.5) is 0 Å². The molecule has 1 fully saturated rings. The van der Waals surface area contributed by atoms with Crippen molar-refractivity contribution in [3.05, 3.63) is 35.9 Å². The molecule has 394 valence electrons. The first-order chi connectivity index (χ1) is 33.1. The number of hydrogen-bond acceptors (Lipinski definition) is 14. The number of amides is 8. The Bertz CT molecular complexity index is 2100. The van der Waals surface area contributed by atoms with Crippen LogP contribution in [0.2, 0.25) is 0 Å². The lowest BCUT2D eigenvalue weighted by atomic mass is 9.98. The highest BCUT2D eigenvalue weighted by atomic mass is 16.4. The van der Waals surface area contributed by atoms with Crippen LogP contribution in [0.15, 0.2) is 30.3 Å². The normalized spacial score (nSPS) is 17.1. The summed E-state index contributed by atoms with van der Waals surface area (Å²) in [5, 5.41) is 63.9. The second kappa shape index (κ2) is 28.4. The summed E-state index contributed by atoms with van der Waals surface area (Å²) >= 11 is 0. The Morgan fingerprint density at radius 1 is 0.620 bits per heavy atom. The first-order valence-electron chi connectivity index (χ1n) is 22.9. The van der Waals surface area contributed by atoms with Crippen molar-refractivity contribution in [1.29, 1.82) is 0 Å². The number of aliphatic carboxylic acids is 4. The van der Waals surface area contributed by atoms with Gasteiger partial charge in [0.05, 0.1) is 25.0 Å². The van der Waals surface area contributed by atoms with Gasteiger partial charge < -0.3 is 73.4 Å². The van der Waals surface area contributed by atoms with Crippen LogP contribution in [0.1, 0.15) is 92.1 Å². The molecular formula is C45H67N9O17. The van der Waals surface area contributed by atoms with Gasteiger partial charge in [0.25, 0.3) is 0 Å². The van der Waals surface area contributed by atoms with E-state index < -0.39 is 157 Å². The fraction of sp³-hybridized carbons (Fsp3) is 0.600. The number of nitrogens with zero attached hydrogens (tertiary/aromatic N) is 1. The zero-order valence-corrected chi connectivity index (χ0v) is 40.3. The largest absolute Gasteiger partial charge is 0.481 e. The van der Waals surface area contributed by atoms with Crippen molar-refractivity contribution in [2.45, 2.75) is 153 Å². The third kappa shape index (κ3) is 20.0. The molecule has 2 rings (SSSR count). The Balaban J connectivity index is 2.37. The standard InChI is InChI=1S/C45H67N9O17/c1-21(2)17-27(38(63)47-23(5)37(62)53-36(24(6)55)45(70)71)51-43(68)35(22(3)4)52-41(66)28(18-25-11-8-7-9-12-25)48-39(64)29(19-33(58)59)49-40(65)30(20-34(60)61)50-42(67)31-13-10-16-54(31)44(69)26(46)14-15-32(56)57/h7-9,11-12,21-24,26-31,35-36,55H,10,13-20,46H2,1-6H3,(H,47,63)(H,48,64)(H,49,65)(H,50,67)(H,51,68)(H,52,66)(H,53,62)(H,56,57)(H,58,59)(H,60,61)(H,70,71)/t23-,24+,26-,27-,28-,29-,30-,31-,35-,36-/m0/s1. The van der Waals surface area contributed by atoms with Gasteiger partial charge in [0.15, 0.2) is 6.04 Å². The molecule has 1 aromatic carbocycles. The lowest BCUT2D eigenvalue weighted by Gasteiger charge is -2.29. The van der Waals surface area contributed by atoms with E-state index in [1.807, 2.05) is 0 Å². The maximum atomic E-state index is 14.2. The number of nitrogens with two attached hydrogens (primary N) is 1. The molecule has 10 atom stereocenters. The smallest absolute Gasteiger partial charge is 0.328 e. The summed E-state index contributed by atoms with van der Waals surface area (Å²) in [6.45, 7) is 9.04. The van der Waals surface area contributed by atoms with Crippen molar-refractivity contribution in [2.75, 3.05) is 6.54 Å². The molecule has 8 amide bonds. The number of nitrogens with one attached hydrogen (secondary N) is 7. The highest BCUT2D eigenvalue weighted by Gasteiger charge is 2.40. The molecule has 0 spiro atoms. The molecule has 0 saturated carbocycles. The molecular weight excluding hydrogens is 939 g/mol. The van der Waals surface area contributed by atoms with Crippen LogP contribution in [-0.4, -0.2) is 169 Å². The lowest BCUT2D eigenvalue weighted by Crippen LogP contribution is -2.61. The molecule has 26 nitrogen and oxygen atoms in total. The molecule has 1 saturated heterocycles. The fourth-order valence-electron chi connectivity index (χ4n) is 7.36. The number of carboxylic acid groups (broad SMARTS) is 4. The number of carbonyl (C=O) groups excluding carboxylic acids is 8. The minimum Gasteiger partial charge on any atom is -0.481 e. The van der Waals surface area contributed by atoms with Crippen molar-refractivity contribution in [3.8, 4) is 0 Å². The molecule has 1 aliphatic heterocycles. The Hall–Kier alpha value is -7.22. The highest BCUT2D eigenvalue weighted by molar-refractivity contribution is 5.99. The van der Waals surface area contributed by atoms with Crippen LogP contribution in [-0.2, 0) is 64.0 Å². The second-order valence-electron chi connectivity index (χ2n) is 18.0. The molecule has 1 heterocycles. The van der Waals surface area contributed by atoms with E-state index >= 15 is 0 Å². The van der Waals surface area contributed by atoms with Crippen molar-refractivity contribution in [2.24, 2.45) is 17.6 Å². The predicted molar refractivity (Wildman–Crippen MR) is 247 cm³/mol. The fourth-order valence-corrected chi connectivity index (χ4v) is 7.36. The van der Waals surface area contributed by atoms with Crippen LogP contribution in [0.25, 0.3) is 0 Å². The van der Waals surface area contributed by atoms with Gasteiger partial charge in [-0.25, -0.2) is 4.79 Å². The van der Waals surface area contributed by atoms with Gasteiger partial charge in [0.1, 0.15) is 42.3 Å². The summed E-state index contributed by atoms with van der Waals surface area (Å²) in [7, 11) is 0. The summed E-state index contributed by atoms with van der Waals surface area (Å²) in [6.07, 6.45) is -4.20. The van der Waals surface area contributed by atoms with Gasteiger partial charge in [-0.2, -0.15) is 0 Å². The van der Waals surface area contributed by atoms with Gasteiger partial charge in [-0.15, -0.1) is 0 Å². The van der Waals surface area contributed by atoms with Crippen LogP contribution < -0.4 is 43.0 Å². The molecule has 0 bridgehead atoms. The number of benzene rings is 1. The maximum Gasteiger partial charge on any atom is 0.328 e. The molecule has 71 heavy (non-hydrogen) atoms. The van der Waals surface area contributed by atoms with E-state index in [-0.39, 0.29) is 38.1 Å². The minimum absolute atomic E-state index is 0.0278.